The summed E-state index contributed by atoms with van der Waals surface area (Å²) in [6, 6.07) is 0.380. The van der Waals surface area contributed by atoms with Gasteiger partial charge in [0.2, 0.25) is 5.91 Å². The van der Waals surface area contributed by atoms with Gasteiger partial charge in [-0.2, -0.15) is 0 Å². The van der Waals surface area contributed by atoms with Crippen LogP contribution >= 0.6 is 0 Å². The summed E-state index contributed by atoms with van der Waals surface area (Å²) in [5.41, 5.74) is 1.35. The van der Waals surface area contributed by atoms with Gasteiger partial charge in [-0.1, -0.05) is 11.6 Å². The van der Waals surface area contributed by atoms with Gasteiger partial charge < -0.3 is 15.0 Å². The maximum absolute atomic E-state index is 11.9. The number of ether oxygens (including phenoxy) is 1. The van der Waals surface area contributed by atoms with Gasteiger partial charge in [-0.05, 0) is 33.6 Å². The first kappa shape index (κ1) is 15.2. The third kappa shape index (κ3) is 6.17. The van der Waals surface area contributed by atoms with Crippen molar-refractivity contribution in [1.82, 2.24) is 10.2 Å². The number of allylic oxidation sites excluding steroid dienone is 2. The molecule has 1 rings (SSSR count). The lowest BCUT2D eigenvalue weighted by Crippen LogP contribution is -2.46. The zero-order chi connectivity index (χ0) is 13.4. The van der Waals surface area contributed by atoms with Crippen LogP contribution in [-0.2, 0) is 9.53 Å². The van der Waals surface area contributed by atoms with Gasteiger partial charge in [0.25, 0.3) is 0 Å². The summed E-state index contributed by atoms with van der Waals surface area (Å²) in [4.78, 5) is 13.8. The van der Waals surface area contributed by atoms with Crippen LogP contribution in [0.2, 0.25) is 0 Å². The van der Waals surface area contributed by atoms with Crippen molar-refractivity contribution in [3.63, 3.8) is 0 Å². The SMILES string of the molecule is CC(C)=CCC[C@H](C)NCC(=O)N1CCOCC1. The lowest BCUT2D eigenvalue weighted by atomic mass is 10.1. The van der Waals surface area contributed by atoms with Crippen molar-refractivity contribution in [3.8, 4) is 0 Å². The minimum Gasteiger partial charge on any atom is -0.378 e. The first-order valence-corrected chi connectivity index (χ1v) is 6.82. The maximum Gasteiger partial charge on any atom is 0.236 e. The van der Waals surface area contributed by atoms with E-state index in [9.17, 15) is 4.79 Å². The van der Waals surface area contributed by atoms with E-state index < -0.39 is 0 Å². The number of nitrogens with one attached hydrogen (secondary N) is 1. The Hall–Kier alpha value is -0.870. The largest absolute Gasteiger partial charge is 0.378 e. The molecule has 4 heteroatoms. The average molecular weight is 254 g/mol. The fourth-order valence-corrected chi connectivity index (χ4v) is 1.91. The highest BCUT2D eigenvalue weighted by Gasteiger charge is 2.16. The molecule has 4 nitrogen and oxygen atoms in total. The third-order valence-corrected chi connectivity index (χ3v) is 3.12. The second-order valence-corrected chi connectivity index (χ2v) is 5.13. The molecule has 18 heavy (non-hydrogen) atoms. The molecule has 1 heterocycles. The van der Waals surface area contributed by atoms with E-state index in [2.05, 4.69) is 32.2 Å². The van der Waals surface area contributed by atoms with Crippen LogP contribution < -0.4 is 5.32 Å². The Bertz CT molecular complexity index is 280. The zero-order valence-corrected chi connectivity index (χ0v) is 11.9. The predicted molar refractivity (Wildman–Crippen MR) is 73.5 cm³/mol. The standard InChI is InChI=1S/C14H26N2O2/c1-12(2)5-4-6-13(3)15-11-14(17)16-7-9-18-10-8-16/h5,13,15H,4,6-11H2,1-3H3/t13-/m0/s1. The van der Waals surface area contributed by atoms with Gasteiger partial charge in [-0.25, -0.2) is 0 Å². The predicted octanol–water partition coefficient (Wildman–Crippen LogP) is 1.57. The number of carbonyl (C=O) groups is 1. The van der Waals surface area contributed by atoms with Gasteiger partial charge in [0.15, 0.2) is 0 Å². The molecule has 1 atom stereocenters. The van der Waals surface area contributed by atoms with Crippen molar-refractivity contribution in [3.05, 3.63) is 11.6 Å². The molecule has 0 aliphatic carbocycles. The molecular weight excluding hydrogens is 228 g/mol. The fourth-order valence-electron chi connectivity index (χ4n) is 1.91. The molecule has 0 unspecified atom stereocenters. The fraction of sp³-hybridized carbons (Fsp3) is 0.786. The Labute approximate surface area is 110 Å². The van der Waals surface area contributed by atoms with Crippen LogP contribution in [-0.4, -0.2) is 49.7 Å². The minimum atomic E-state index is 0.187. The van der Waals surface area contributed by atoms with Gasteiger partial charge in [0.1, 0.15) is 0 Å². The normalized spacial score (nSPS) is 17.4. The van der Waals surface area contributed by atoms with E-state index in [1.165, 1.54) is 5.57 Å². The van der Waals surface area contributed by atoms with Crippen LogP contribution in [0.15, 0.2) is 11.6 Å². The Morgan fingerprint density at radius 3 is 2.67 bits per heavy atom. The van der Waals surface area contributed by atoms with E-state index in [0.29, 0.717) is 25.8 Å². The summed E-state index contributed by atoms with van der Waals surface area (Å²) in [5, 5.41) is 3.29. The summed E-state index contributed by atoms with van der Waals surface area (Å²) in [5.74, 6) is 0.187. The van der Waals surface area contributed by atoms with E-state index in [-0.39, 0.29) is 5.91 Å². The number of rotatable bonds is 6. The lowest BCUT2D eigenvalue weighted by Gasteiger charge is -2.27. The molecule has 1 amide bonds. The molecule has 1 N–H and O–H groups in total. The van der Waals surface area contributed by atoms with Gasteiger partial charge >= 0.3 is 0 Å². The number of hydrogen-bond donors (Lipinski definition) is 1. The topological polar surface area (TPSA) is 41.6 Å². The first-order valence-electron chi connectivity index (χ1n) is 6.82. The summed E-state index contributed by atoms with van der Waals surface area (Å²) in [6.45, 7) is 9.59. The molecule has 1 fully saturated rings. The lowest BCUT2D eigenvalue weighted by molar-refractivity contribution is -0.134. The molecule has 1 aliphatic rings. The van der Waals surface area contributed by atoms with E-state index in [1.807, 2.05) is 4.90 Å². The smallest absolute Gasteiger partial charge is 0.236 e. The van der Waals surface area contributed by atoms with Crippen LogP contribution in [0, 0.1) is 0 Å². The minimum absolute atomic E-state index is 0.187. The van der Waals surface area contributed by atoms with Crippen LogP contribution in [0.25, 0.3) is 0 Å². The Morgan fingerprint density at radius 1 is 1.39 bits per heavy atom. The highest BCUT2D eigenvalue weighted by molar-refractivity contribution is 5.78. The van der Waals surface area contributed by atoms with Crippen LogP contribution in [0.5, 0.6) is 0 Å². The number of carbonyl (C=O) groups excluding carboxylic acids is 1. The molecule has 0 radical (unpaired) electrons. The molecule has 0 aromatic rings. The quantitative estimate of drug-likeness (QED) is 0.732. The number of morpholine rings is 1. The summed E-state index contributed by atoms with van der Waals surface area (Å²) < 4.78 is 5.23. The molecule has 0 bridgehead atoms. The number of hydrogen-bond acceptors (Lipinski definition) is 3. The van der Waals surface area contributed by atoms with E-state index in [0.717, 1.165) is 25.9 Å². The molecular formula is C14H26N2O2. The number of amides is 1. The molecule has 0 aromatic heterocycles. The van der Waals surface area contributed by atoms with E-state index in [4.69, 9.17) is 4.74 Å². The van der Waals surface area contributed by atoms with Crippen molar-refractivity contribution in [2.45, 2.75) is 39.7 Å². The highest BCUT2D eigenvalue weighted by atomic mass is 16.5. The molecule has 104 valence electrons. The van der Waals surface area contributed by atoms with Crippen molar-refractivity contribution in [2.24, 2.45) is 0 Å². The summed E-state index contributed by atoms with van der Waals surface area (Å²) in [7, 11) is 0. The van der Waals surface area contributed by atoms with Gasteiger partial charge in [-0.3, -0.25) is 4.79 Å². The van der Waals surface area contributed by atoms with Crippen LogP contribution in [0.1, 0.15) is 33.6 Å². The second kappa shape index (κ2) is 8.27. The van der Waals surface area contributed by atoms with Gasteiger partial charge in [-0.15, -0.1) is 0 Å². The Balaban J connectivity index is 2.14. The monoisotopic (exact) mass is 254 g/mol. The van der Waals surface area contributed by atoms with E-state index >= 15 is 0 Å². The van der Waals surface area contributed by atoms with Crippen molar-refractivity contribution >= 4 is 5.91 Å². The molecule has 1 aliphatic heterocycles. The third-order valence-electron chi connectivity index (χ3n) is 3.12. The van der Waals surface area contributed by atoms with Crippen molar-refractivity contribution in [1.29, 1.82) is 0 Å². The molecule has 0 spiro atoms. The zero-order valence-electron chi connectivity index (χ0n) is 11.9. The summed E-state index contributed by atoms with van der Waals surface area (Å²) in [6.07, 6.45) is 4.38. The molecule has 0 saturated carbocycles. The number of nitrogens with zero attached hydrogens (tertiary/aromatic N) is 1. The van der Waals surface area contributed by atoms with Crippen molar-refractivity contribution in [2.75, 3.05) is 32.8 Å². The molecule has 0 aromatic carbocycles. The first-order chi connectivity index (χ1) is 8.59. The molecule has 1 saturated heterocycles. The summed E-state index contributed by atoms with van der Waals surface area (Å²) >= 11 is 0. The van der Waals surface area contributed by atoms with Crippen molar-refractivity contribution < 1.29 is 9.53 Å². The van der Waals surface area contributed by atoms with Crippen LogP contribution in [0.4, 0.5) is 0 Å². The Morgan fingerprint density at radius 2 is 2.06 bits per heavy atom. The van der Waals surface area contributed by atoms with Gasteiger partial charge in [0, 0.05) is 19.1 Å². The maximum atomic E-state index is 11.9. The average Bonchev–Trinajstić information content (AvgIpc) is 2.36. The van der Waals surface area contributed by atoms with Crippen LogP contribution in [0.3, 0.4) is 0 Å². The van der Waals surface area contributed by atoms with E-state index in [1.54, 1.807) is 0 Å². The van der Waals surface area contributed by atoms with Gasteiger partial charge in [0.05, 0.1) is 19.8 Å². The second-order valence-electron chi connectivity index (χ2n) is 5.13. The highest BCUT2D eigenvalue weighted by Crippen LogP contribution is 2.02. The Kier molecular flexibility index (Phi) is 6.98.